The number of anilines is 1. The standard InChI is InChI=1S/C15H17FN4O3/c1-17-4-5-18-13-11(16)6-9-12(21)10(15(22)23)7-20(8-2-3-8)14(9)19-13/h6-8,17H,2-5H2,1H3,(H,18,19)(H,22,23). The molecule has 0 bridgehead atoms. The van der Waals surface area contributed by atoms with Gasteiger partial charge in [0, 0.05) is 25.3 Å². The van der Waals surface area contributed by atoms with Crippen LogP contribution < -0.4 is 16.1 Å². The van der Waals surface area contributed by atoms with Gasteiger partial charge in [0.1, 0.15) is 11.2 Å². The Balaban J connectivity index is 2.17. The fraction of sp³-hybridized carbons (Fsp3) is 0.400. The van der Waals surface area contributed by atoms with E-state index >= 15 is 0 Å². The molecule has 0 amide bonds. The molecule has 1 aliphatic rings. The highest BCUT2D eigenvalue weighted by molar-refractivity contribution is 5.92. The molecule has 1 aliphatic carbocycles. The first-order chi connectivity index (χ1) is 11.0. The minimum atomic E-state index is -1.32. The molecule has 2 aromatic heterocycles. The third-order valence-electron chi connectivity index (χ3n) is 3.80. The predicted octanol–water partition coefficient (Wildman–Crippen LogP) is 1.20. The molecule has 2 aromatic rings. The van der Waals surface area contributed by atoms with E-state index in [0.717, 1.165) is 18.9 Å². The van der Waals surface area contributed by atoms with Gasteiger partial charge in [-0.3, -0.25) is 4.79 Å². The van der Waals surface area contributed by atoms with E-state index < -0.39 is 17.2 Å². The molecule has 0 spiro atoms. The van der Waals surface area contributed by atoms with E-state index in [0.29, 0.717) is 18.7 Å². The molecule has 0 radical (unpaired) electrons. The van der Waals surface area contributed by atoms with Crippen LogP contribution in [0.1, 0.15) is 29.2 Å². The first-order valence-electron chi connectivity index (χ1n) is 7.40. The van der Waals surface area contributed by atoms with Crippen molar-refractivity contribution in [3.63, 3.8) is 0 Å². The van der Waals surface area contributed by atoms with Gasteiger partial charge in [-0.15, -0.1) is 0 Å². The van der Waals surface area contributed by atoms with Crippen LogP contribution >= 0.6 is 0 Å². The van der Waals surface area contributed by atoms with Crippen LogP contribution in [0.15, 0.2) is 17.1 Å². The number of rotatable bonds is 6. The van der Waals surface area contributed by atoms with E-state index in [1.807, 2.05) is 0 Å². The van der Waals surface area contributed by atoms with Gasteiger partial charge in [-0.05, 0) is 26.0 Å². The van der Waals surface area contributed by atoms with E-state index in [9.17, 15) is 19.1 Å². The Kier molecular flexibility index (Phi) is 3.99. The van der Waals surface area contributed by atoms with Crippen molar-refractivity contribution in [2.75, 3.05) is 25.5 Å². The number of likely N-dealkylation sites (N-methyl/N-ethyl adjacent to an activating group) is 1. The van der Waals surface area contributed by atoms with E-state index in [1.165, 1.54) is 6.20 Å². The highest BCUT2D eigenvalue weighted by atomic mass is 19.1. The van der Waals surface area contributed by atoms with Gasteiger partial charge in [-0.1, -0.05) is 0 Å². The first kappa shape index (κ1) is 15.4. The molecular formula is C15H17FN4O3. The van der Waals surface area contributed by atoms with Crippen molar-refractivity contribution >= 4 is 22.8 Å². The van der Waals surface area contributed by atoms with Crippen LogP contribution in [0, 0.1) is 5.82 Å². The maximum atomic E-state index is 14.2. The van der Waals surface area contributed by atoms with Crippen LogP contribution in [-0.4, -0.2) is 40.8 Å². The number of hydrogen-bond donors (Lipinski definition) is 3. The molecule has 2 heterocycles. The van der Waals surface area contributed by atoms with Gasteiger partial charge in [0.2, 0.25) is 5.43 Å². The van der Waals surface area contributed by atoms with E-state index in [4.69, 9.17) is 0 Å². The molecule has 1 saturated carbocycles. The highest BCUT2D eigenvalue weighted by Crippen LogP contribution is 2.36. The van der Waals surface area contributed by atoms with Crippen molar-refractivity contribution in [3.8, 4) is 0 Å². The summed E-state index contributed by atoms with van der Waals surface area (Å²) in [7, 11) is 1.78. The van der Waals surface area contributed by atoms with E-state index in [2.05, 4.69) is 15.6 Å². The summed E-state index contributed by atoms with van der Waals surface area (Å²) in [5, 5.41) is 15.0. The SMILES string of the molecule is CNCCNc1nc2c(cc1F)c(=O)c(C(=O)O)cn2C1CC1. The monoisotopic (exact) mass is 320 g/mol. The smallest absolute Gasteiger partial charge is 0.341 e. The average Bonchev–Trinajstić information content (AvgIpc) is 3.33. The van der Waals surface area contributed by atoms with Gasteiger partial charge in [0.25, 0.3) is 0 Å². The molecule has 0 atom stereocenters. The number of hydrogen-bond acceptors (Lipinski definition) is 5. The van der Waals surface area contributed by atoms with Crippen LogP contribution in [0.5, 0.6) is 0 Å². The van der Waals surface area contributed by atoms with Crippen molar-refractivity contribution in [2.24, 2.45) is 0 Å². The number of nitrogens with one attached hydrogen (secondary N) is 2. The van der Waals surface area contributed by atoms with Gasteiger partial charge in [0.15, 0.2) is 11.6 Å². The van der Waals surface area contributed by atoms with Crippen molar-refractivity contribution in [1.29, 1.82) is 0 Å². The van der Waals surface area contributed by atoms with E-state index in [-0.39, 0.29) is 22.8 Å². The normalized spacial score (nSPS) is 14.2. The number of carbonyl (C=O) groups is 1. The van der Waals surface area contributed by atoms with Gasteiger partial charge < -0.3 is 20.3 Å². The summed E-state index contributed by atoms with van der Waals surface area (Å²) in [6, 6.07) is 1.18. The lowest BCUT2D eigenvalue weighted by Gasteiger charge is -2.13. The van der Waals surface area contributed by atoms with Gasteiger partial charge >= 0.3 is 5.97 Å². The summed E-state index contributed by atoms with van der Waals surface area (Å²) < 4.78 is 15.8. The zero-order valence-corrected chi connectivity index (χ0v) is 12.6. The molecule has 3 rings (SSSR count). The minimum absolute atomic E-state index is 0.00605. The topological polar surface area (TPSA) is 96.2 Å². The molecule has 3 N–H and O–H groups in total. The average molecular weight is 320 g/mol. The van der Waals surface area contributed by atoms with Crippen LogP contribution in [0.4, 0.5) is 10.2 Å². The minimum Gasteiger partial charge on any atom is -0.477 e. The van der Waals surface area contributed by atoms with Gasteiger partial charge in [0.05, 0.1) is 5.39 Å². The third kappa shape index (κ3) is 2.89. The Bertz CT molecular complexity index is 830. The summed E-state index contributed by atoms with van der Waals surface area (Å²) in [6.45, 7) is 1.11. The molecule has 122 valence electrons. The Hall–Kier alpha value is -2.48. The number of nitrogens with zero attached hydrogens (tertiary/aromatic N) is 2. The number of aromatic nitrogens is 2. The molecule has 1 fully saturated rings. The van der Waals surface area contributed by atoms with Gasteiger partial charge in [-0.25, -0.2) is 14.2 Å². The summed E-state index contributed by atoms with van der Waals surface area (Å²) in [5.41, 5.74) is -0.755. The van der Waals surface area contributed by atoms with E-state index in [1.54, 1.807) is 11.6 Å². The Labute approximate surface area is 131 Å². The van der Waals surface area contributed by atoms with Crippen molar-refractivity contribution in [1.82, 2.24) is 14.9 Å². The summed E-state index contributed by atoms with van der Waals surface area (Å²) in [5.74, 6) is -1.93. The second-order valence-electron chi connectivity index (χ2n) is 5.54. The lowest BCUT2D eigenvalue weighted by Crippen LogP contribution is -2.21. The summed E-state index contributed by atoms with van der Waals surface area (Å²) in [6.07, 6.45) is 3.09. The van der Waals surface area contributed by atoms with Crippen LogP contribution in [-0.2, 0) is 0 Å². The quantitative estimate of drug-likeness (QED) is 0.692. The second kappa shape index (κ2) is 5.96. The van der Waals surface area contributed by atoms with Crippen molar-refractivity contribution in [3.05, 3.63) is 33.9 Å². The number of carboxylic acid groups (broad SMARTS) is 1. The first-order valence-corrected chi connectivity index (χ1v) is 7.40. The van der Waals surface area contributed by atoms with Crippen molar-refractivity contribution < 1.29 is 14.3 Å². The fourth-order valence-electron chi connectivity index (χ4n) is 2.46. The number of fused-ring (bicyclic) bond motifs is 1. The Morgan fingerprint density at radius 2 is 2.22 bits per heavy atom. The maximum Gasteiger partial charge on any atom is 0.341 e. The highest BCUT2D eigenvalue weighted by Gasteiger charge is 2.28. The molecule has 0 aromatic carbocycles. The Morgan fingerprint density at radius 1 is 1.48 bits per heavy atom. The number of halogens is 1. The maximum absolute atomic E-state index is 14.2. The third-order valence-corrected chi connectivity index (χ3v) is 3.80. The number of pyridine rings is 2. The van der Waals surface area contributed by atoms with Gasteiger partial charge in [-0.2, -0.15) is 0 Å². The zero-order valence-electron chi connectivity index (χ0n) is 12.6. The lowest BCUT2D eigenvalue weighted by atomic mass is 10.2. The Morgan fingerprint density at radius 3 is 2.83 bits per heavy atom. The summed E-state index contributed by atoms with van der Waals surface area (Å²) in [4.78, 5) is 27.7. The van der Waals surface area contributed by atoms with Crippen LogP contribution in [0.3, 0.4) is 0 Å². The summed E-state index contributed by atoms with van der Waals surface area (Å²) >= 11 is 0. The fourth-order valence-corrected chi connectivity index (χ4v) is 2.46. The predicted molar refractivity (Wildman–Crippen MR) is 83.6 cm³/mol. The van der Waals surface area contributed by atoms with Crippen molar-refractivity contribution in [2.45, 2.75) is 18.9 Å². The molecule has 0 aliphatic heterocycles. The molecule has 0 saturated heterocycles. The molecule has 7 nitrogen and oxygen atoms in total. The molecule has 8 heteroatoms. The second-order valence-corrected chi connectivity index (χ2v) is 5.54. The van der Waals surface area contributed by atoms with Crippen LogP contribution in [0.25, 0.3) is 11.0 Å². The zero-order chi connectivity index (χ0) is 16.6. The molecule has 0 unspecified atom stereocenters. The molecular weight excluding hydrogens is 303 g/mol. The number of carboxylic acids is 1. The largest absolute Gasteiger partial charge is 0.477 e. The molecule has 23 heavy (non-hydrogen) atoms. The lowest BCUT2D eigenvalue weighted by molar-refractivity contribution is 0.0695. The van der Waals surface area contributed by atoms with Crippen LogP contribution in [0.2, 0.25) is 0 Å². The number of aromatic carboxylic acids is 1.